The summed E-state index contributed by atoms with van der Waals surface area (Å²) in [5, 5.41) is 0. The van der Waals surface area contributed by atoms with Crippen molar-refractivity contribution in [2.24, 2.45) is 11.7 Å². The van der Waals surface area contributed by atoms with Crippen LogP contribution in [0.25, 0.3) is 0 Å². The van der Waals surface area contributed by atoms with E-state index in [1.807, 2.05) is 49.1 Å². The standard InChI is InChI=1S/C14H20N2OS/c1-3-16(10-12-7-5-4-6-8-12)14(17)11(2)9-13(15)18/h4-8,11H,3,9-10H2,1-2H3,(H2,15,18). The minimum Gasteiger partial charge on any atom is -0.393 e. The molecule has 3 nitrogen and oxygen atoms in total. The molecule has 4 heteroatoms. The number of rotatable bonds is 6. The smallest absolute Gasteiger partial charge is 0.226 e. The van der Waals surface area contributed by atoms with E-state index in [0.717, 1.165) is 5.56 Å². The number of carbonyl (C=O) groups excluding carboxylic acids is 1. The van der Waals surface area contributed by atoms with E-state index in [2.05, 4.69) is 0 Å². The van der Waals surface area contributed by atoms with Gasteiger partial charge in [-0.05, 0) is 12.5 Å². The second kappa shape index (κ2) is 7.11. The van der Waals surface area contributed by atoms with Crippen molar-refractivity contribution in [2.45, 2.75) is 26.8 Å². The number of carbonyl (C=O) groups is 1. The molecule has 0 bridgehead atoms. The van der Waals surface area contributed by atoms with Crippen molar-refractivity contribution in [2.75, 3.05) is 6.54 Å². The zero-order valence-electron chi connectivity index (χ0n) is 10.9. The molecule has 18 heavy (non-hydrogen) atoms. The van der Waals surface area contributed by atoms with Gasteiger partial charge in [0.05, 0.1) is 4.99 Å². The van der Waals surface area contributed by atoms with Crippen LogP contribution in [0.2, 0.25) is 0 Å². The molecule has 0 aromatic heterocycles. The lowest BCUT2D eigenvalue weighted by Crippen LogP contribution is -2.35. The van der Waals surface area contributed by atoms with Crippen LogP contribution in [0.1, 0.15) is 25.8 Å². The number of hydrogen-bond donors (Lipinski definition) is 1. The van der Waals surface area contributed by atoms with Crippen LogP contribution in [0, 0.1) is 5.92 Å². The highest BCUT2D eigenvalue weighted by Gasteiger charge is 2.19. The second-order valence-corrected chi connectivity index (χ2v) is 4.93. The first-order chi connectivity index (χ1) is 8.54. The summed E-state index contributed by atoms with van der Waals surface area (Å²) >= 11 is 4.85. The Morgan fingerprint density at radius 2 is 2.00 bits per heavy atom. The maximum Gasteiger partial charge on any atom is 0.226 e. The highest BCUT2D eigenvalue weighted by Crippen LogP contribution is 2.11. The summed E-state index contributed by atoms with van der Waals surface area (Å²) in [6, 6.07) is 9.97. The van der Waals surface area contributed by atoms with Gasteiger partial charge < -0.3 is 10.6 Å². The third kappa shape index (κ3) is 4.45. The van der Waals surface area contributed by atoms with Crippen LogP contribution in [0.15, 0.2) is 30.3 Å². The predicted molar refractivity (Wildman–Crippen MR) is 78.1 cm³/mol. The van der Waals surface area contributed by atoms with Crippen molar-refractivity contribution in [3.8, 4) is 0 Å². The lowest BCUT2D eigenvalue weighted by Gasteiger charge is -2.24. The number of nitrogens with zero attached hydrogens (tertiary/aromatic N) is 1. The van der Waals surface area contributed by atoms with Gasteiger partial charge >= 0.3 is 0 Å². The summed E-state index contributed by atoms with van der Waals surface area (Å²) in [6.07, 6.45) is 0.472. The fourth-order valence-electron chi connectivity index (χ4n) is 1.85. The van der Waals surface area contributed by atoms with Gasteiger partial charge in [0, 0.05) is 25.4 Å². The molecule has 1 aromatic carbocycles. The molecule has 1 amide bonds. The summed E-state index contributed by atoms with van der Waals surface area (Å²) < 4.78 is 0. The molecule has 1 aromatic rings. The maximum atomic E-state index is 12.2. The van der Waals surface area contributed by atoms with Crippen LogP contribution in [0.5, 0.6) is 0 Å². The first kappa shape index (κ1) is 14.6. The van der Waals surface area contributed by atoms with Gasteiger partial charge in [-0.2, -0.15) is 0 Å². The summed E-state index contributed by atoms with van der Waals surface area (Å²) in [5.41, 5.74) is 6.62. The summed E-state index contributed by atoms with van der Waals surface area (Å²) in [7, 11) is 0. The molecular weight excluding hydrogens is 244 g/mol. The summed E-state index contributed by atoms with van der Waals surface area (Å²) in [5.74, 6) is -0.0414. The highest BCUT2D eigenvalue weighted by atomic mass is 32.1. The van der Waals surface area contributed by atoms with E-state index in [1.165, 1.54) is 0 Å². The van der Waals surface area contributed by atoms with Crippen LogP contribution in [0.4, 0.5) is 0 Å². The molecule has 0 fully saturated rings. The maximum absolute atomic E-state index is 12.2. The topological polar surface area (TPSA) is 46.3 Å². The predicted octanol–water partition coefficient (Wildman–Crippen LogP) is 2.35. The van der Waals surface area contributed by atoms with Crippen molar-refractivity contribution in [3.63, 3.8) is 0 Å². The molecule has 0 aliphatic heterocycles. The first-order valence-electron chi connectivity index (χ1n) is 6.15. The Labute approximate surface area is 114 Å². The van der Waals surface area contributed by atoms with Crippen molar-refractivity contribution in [1.29, 1.82) is 0 Å². The van der Waals surface area contributed by atoms with Crippen molar-refractivity contribution in [3.05, 3.63) is 35.9 Å². The summed E-state index contributed by atoms with van der Waals surface area (Å²) in [6.45, 7) is 5.18. The molecule has 2 N–H and O–H groups in total. The van der Waals surface area contributed by atoms with Gasteiger partial charge in [0.1, 0.15) is 0 Å². The van der Waals surface area contributed by atoms with Crippen LogP contribution in [-0.2, 0) is 11.3 Å². The molecule has 0 spiro atoms. The highest BCUT2D eigenvalue weighted by molar-refractivity contribution is 7.80. The molecule has 0 aliphatic rings. The Kier molecular flexibility index (Phi) is 5.78. The van der Waals surface area contributed by atoms with E-state index in [0.29, 0.717) is 24.5 Å². The number of amides is 1. The minimum absolute atomic E-state index is 0.106. The Balaban J connectivity index is 2.66. The Bertz CT molecular complexity index is 406. The third-order valence-corrected chi connectivity index (χ3v) is 3.01. The van der Waals surface area contributed by atoms with Crippen LogP contribution in [-0.4, -0.2) is 22.3 Å². The largest absolute Gasteiger partial charge is 0.393 e. The molecule has 1 atom stereocenters. The van der Waals surface area contributed by atoms with E-state index in [1.54, 1.807) is 0 Å². The molecule has 0 radical (unpaired) electrons. The average Bonchev–Trinajstić information content (AvgIpc) is 2.35. The van der Waals surface area contributed by atoms with E-state index >= 15 is 0 Å². The number of nitrogens with two attached hydrogens (primary N) is 1. The number of benzene rings is 1. The SMILES string of the molecule is CCN(Cc1ccccc1)C(=O)C(C)CC(N)=S. The Hall–Kier alpha value is -1.42. The molecule has 0 saturated heterocycles. The normalized spacial score (nSPS) is 11.9. The molecule has 0 aliphatic carbocycles. The second-order valence-electron chi connectivity index (χ2n) is 4.41. The lowest BCUT2D eigenvalue weighted by molar-refractivity contribution is -0.135. The molecule has 0 heterocycles. The van der Waals surface area contributed by atoms with Gasteiger partial charge in [0.25, 0.3) is 0 Å². The third-order valence-electron chi connectivity index (χ3n) is 2.84. The minimum atomic E-state index is -0.147. The van der Waals surface area contributed by atoms with Gasteiger partial charge in [-0.3, -0.25) is 4.79 Å². The fourth-order valence-corrected chi connectivity index (χ4v) is 2.10. The van der Waals surface area contributed by atoms with Gasteiger partial charge in [0.15, 0.2) is 0 Å². The van der Waals surface area contributed by atoms with E-state index in [9.17, 15) is 4.79 Å². The lowest BCUT2D eigenvalue weighted by atomic mass is 10.1. The quantitative estimate of drug-likeness (QED) is 0.802. The van der Waals surface area contributed by atoms with Crippen molar-refractivity contribution in [1.82, 2.24) is 4.90 Å². The van der Waals surface area contributed by atoms with Crippen LogP contribution < -0.4 is 5.73 Å². The average molecular weight is 264 g/mol. The van der Waals surface area contributed by atoms with E-state index in [4.69, 9.17) is 18.0 Å². The zero-order chi connectivity index (χ0) is 13.5. The fraction of sp³-hybridized carbons (Fsp3) is 0.429. The van der Waals surface area contributed by atoms with E-state index < -0.39 is 0 Å². The summed E-state index contributed by atoms with van der Waals surface area (Å²) in [4.78, 5) is 14.5. The van der Waals surface area contributed by atoms with Crippen molar-refractivity contribution < 1.29 is 4.79 Å². The monoisotopic (exact) mass is 264 g/mol. The molecule has 1 unspecified atom stereocenters. The Morgan fingerprint density at radius 3 is 2.50 bits per heavy atom. The Morgan fingerprint density at radius 1 is 1.39 bits per heavy atom. The van der Waals surface area contributed by atoms with E-state index in [-0.39, 0.29) is 11.8 Å². The number of thiocarbonyl (C=S) groups is 1. The van der Waals surface area contributed by atoms with Gasteiger partial charge in [-0.25, -0.2) is 0 Å². The zero-order valence-corrected chi connectivity index (χ0v) is 11.7. The molecular formula is C14H20N2OS. The number of hydrogen-bond acceptors (Lipinski definition) is 2. The molecule has 98 valence electrons. The molecule has 1 rings (SSSR count). The molecule has 0 saturated carbocycles. The van der Waals surface area contributed by atoms with Crippen molar-refractivity contribution >= 4 is 23.1 Å². The van der Waals surface area contributed by atoms with Gasteiger partial charge in [-0.1, -0.05) is 49.5 Å². The van der Waals surface area contributed by atoms with Gasteiger partial charge in [0.2, 0.25) is 5.91 Å². The van der Waals surface area contributed by atoms with Crippen LogP contribution >= 0.6 is 12.2 Å². The van der Waals surface area contributed by atoms with Crippen LogP contribution in [0.3, 0.4) is 0 Å². The van der Waals surface area contributed by atoms with Gasteiger partial charge in [-0.15, -0.1) is 0 Å². The first-order valence-corrected chi connectivity index (χ1v) is 6.56.